The zero-order chi connectivity index (χ0) is 26.6. The Hall–Kier alpha value is -1.99. The lowest BCUT2D eigenvalue weighted by Crippen LogP contribution is -2.60. The van der Waals surface area contributed by atoms with Gasteiger partial charge in [-0.3, -0.25) is 19.2 Å². The molecule has 0 unspecified atom stereocenters. The molecule has 0 heterocycles. The Balaban J connectivity index is 5.39. The molecule has 0 spiro atoms. The molecule has 0 aromatic rings. The number of carbonyl (C=O) groups excluding carboxylic acids is 4. The van der Waals surface area contributed by atoms with Gasteiger partial charge in [-0.2, -0.15) is 25.3 Å². The van der Waals surface area contributed by atoms with Gasteiger partial charge in [0.2, 0.25) is 23.6 Å². The van der Waals surface area contributed by atoms with E-state index in [2.05, 4.69) is 46.5 Å². The van der Waals surface area contributed by atoms with Gasteiger partial charge in [-0.1, -0.05) is 40.5 Å². The van der Waals surface area contributed by atoms with E-state index in [0.29, 0.717) is 12.8 Å². The van der Waals surface area contributed by atoms with Crippen molar-refractivity contribution in [3.63, 3.8) is 0 Å². The zero-order valence-corrected chi connectivity index (χ0v) is 22.1. The molecule has 0 bridgehead atoms. The third kappa shape index (κ3) is 10.1. The van der Waals surface area contributed by atoms with Gasteiger partial charge < -0.3 is 32.1 Å². The monoisotopic (exact) mass is 521 g/mol. The summed E-state index contributed by atoms with van der Waals surface area (Å²) >= 11 is 7.91. The maximum Gasteiger partial charge on any atom is 0.327 e. The number of nitrogens with one attached hydrogen (secondary N) is 4. The molecule has 196 valence electrons. The van der Waals surface area contributed by atoms with Crippen molar-refractivity contribution in [3.05, 3.63) is 0 Å². The lowest BCUT2D eigenvalue weighted by Gasteiger charge is -2.28. The number of nitrogens with two attached hydrogens (primary N) is 1. The first-order valence-corrected chi connectivity index (χ1v) is 12.5. The van der Waals surface area contributed by atoms with Crippen LogP contribution in [-0.2, 0) is 24.0 Å². The van der Waals surface area contributed by atoms with Crippen LogP contribution in [0.15, 0.2) is 0 Å². The van der Waals surface area contributed by atoms with Crippen LogP contribution in [0.1, 0.15) is 47.5 Å². The molecule has 4 amide bonds. The fraction of sp³-hybridized carbons (Fsp3) is 0.762. The molecule has 0 aliphatic rings. The van der Waals surface area contributed by atoms with Crippen LogP contribution in [0.2, 0.25) is 0 Å². The van der Waals surface area contributed by atoms with Crippen LogP contribution in [0.4, 0.5) is 0 Å². The maximum absolute atomic E-state index is 12.9. The summed E-state index contributed by atoms with van der Waals surface area (Å²) in [6.45, 7) is 8.65. The van der Waals surface area contributed by atoms with Crippen LogP contribution in [0, 0.1) is 11.8 Å². The third-order valence-corrected chi connectivity index (χ3v) is 6.43. The van der Waals surface area contributed by atoms with E-state index >= 15 is 0 Å². The number of hydrogen-bond donors (Lipinski definition) is 8. The Labute approximate surface area is 211 Å². The quantitative estimate of drug-likeness (QED) is 0.131. The van der Waals surface area contributed by atoms with Crippen molar-refractivity contribution < 1.29 is 29.1 Å². The fourth-order valence-corrected chi connectivity index (χ4v) is 3.25. The van der Waals surface area contributed by atoms with E-state index in [-0.39, 0.29) is 23.3 Å². The van der Waals surface area contributed by atoms with Gasteiger partial charge in [0.05, 0.1) is 6.04 Å². The highest BCUT2D eigenvalue weighted by molar-refractivity contribution is 7.80. The van der Waals surface area contributed by atoms with Gasteiger partial charge in [0.15, 0.2) is 0 Å². The molecule has 34 heavy (non-hydrogen) atoms. The van der Waals surface area contributed by atoms with Crippen LogP contribution in [0.5, 0.6) is 0 Å². The normalized spacial score (nSPS) is 17.2. The predicted molar refractivity (Wildman–Crippen MR) is 136 cm³/mol. The van der Waals surface area contributed by atoms with Crippen LogP contribution in [0.25, 0.3) is 0 Å². The van der Waals surface area contributed by atoms with E-state index in [0.717, 1.165) is 0 Å². The van der Waals surface area contributed by atoms with Crippen molar-refractivity contribution in [2.45, 2.75) is 77.7 Å². The Kier molecular flexibility index (Phi) is 14.9. The third-order valence-electron chi connectivity index (χ3n) is 5.67. The van der Waals surface area contributed by atoms with Crippen molar-refractivity contribution >= 4 is 54.9 Å². The molecule has 11 nitrogen and oxygen atoms in total. The minimum Gasteiger partial charge on any atom is -0.480 e. The summed E-state index contributed by atoms with van der Waals surface area (Å²) < 4.78 is 0. The minimum atomic E-state index is -1.24. The lowest BCUT2D eigenvalue weighted by atomic mass is 9.97. The fourth-order valence-electron chi connectivity index (χ4n) is 2.84. The molecule has 0 saturated heterocycles. The van der Waals surface area contributed by atoms with E-state index in [1.807, 2.05) is 13.8 Å². The maximum atomic E-state index is 12.9. The van der Waals surface area contributed by atoms with E-state index in [1.54, 1.807) is 13.8 Å². The summed E-state index contributed by atoms with van der Waals surface area (Å²) in [5.74, 6) is -4.19. The van der Waals surface area contributed by atoms with Gasteiger partial charge in [0.1, 0.15) is 24.2 Å². The number of carboxylic acids is 1. The van der Waals surface area contributed by atoms with Crippen molar-refractivity contribution in [2.75, 3.05) is 11.5 Å². The summed E-state index contributed by atoms with van der Waals surface area (Å²) in [4.78, 5) is 61.7. The molecule has 7 atom stereocenters. The molecule has 7 N–H and O–H groups in total. The number of rotatable bonds is 15. The van der Waals surface area contributed by atoms with Gasteiger partial charge in [0, 0.05) is 11.5 Å². The topological polar surface area (TPSA) is 180 Å². The molecule has 0 saturated carbocycles. The molecular weight excluding hydrogens is 482 g/mol. The second kappa shape index (κ2) is 15.8. The first-order chi connectivity index (χ1) is 15.8. The number of carboxylic acid groups (broad SMARTS) is 1. The second-order valence-electron chi connectivity index (χ2n) is 8.34. The molecule has 0 aromatic heterocycles. The summed E-state index contributed by atoms with van der Waals surface area (Å²) in [5.41, 5.74) is 5.68. The van der Waals surface area contributed by atoms with Crippen molar-refractivity contribution in [2.24, 2.45) is 17.6 Å². The first kappa shape index (κ1) is 32.0. The van der Waals surface area contributed by atoms with Gasteiger partial charge in [0.25, 0.3) is 0 Å². The van der Waals surface area contributed by atoms with Crippen LogP contribution in [0.3, 0.4) is 0 Å². The SMILES string of the molecule is CC[C@H](C)[C@H](NC(=O)[C@H](C)NC(=O)[C@@H](NC(=O)[C@@H](N)CS)[C@@H](C)CC)C(=O)N[C@@H](CS)C(=O)O. The Morgan fingerprint density at radius 1 is 0.735 bits per heavy atom. The Morgan fingerprint density at radius 2 is 1.18 bits per heavy atom. The van der Waals surface area contributed by atoms with E-state index in [1.165, 1.54) is 6.92 Å². The summed E-state index contributed by atoms with van der Waals surface area (Å²) in [6, 6.07) is -5.06. The molecule has 13 heteroatoms. The number of thiol groups is 2. The largest absolute Gasteiger partial charge is 0.480 e. The molecule has 0 aliphatic carbocycles. The Bertz CT molecular complexity index is 726. The molecule has 0 fully saturated rings. The smallest absolute Gasteiger partial charge is 0.327 e. The van der Waals surface area contributed by atoms with Gasteiger partial charge >= 0.3 is 5.97 Å². The highest BCUT2D eigenvalue weighted by Gasteiger charge is 2.33. The lowest BCUT2D eigenvalue weighted by molar-refractivity contribution is -0.142. The Morgan fingerprint density at radius 3 is 1.56 bits per heavy atom. The van der Waals surface area contributed by atoms with E-state index < -0.39 is 59.8 Å². The summed E-state index contributed by atoms with van der Waals surface area (Å²) in [6.07, 6.45) is 1.12. The van der Waals surface area contributed by atoms with Crippen molar-refractivity contribution in [1.29, 1.82) is 0 Å². The highest BCUT2D eigenvalue weighted by Crippen LogP contribution is 2.11. The van der Waals surface area contributed by atoms with Gasteiger partial charge in [-0.05, 0) is 18.8 Å². The number of hydrogen-bond acceptors (Lipinski definition) is 8. The molecule has 0 aromatic carbocycles. The predicted octanol–water partition coefficient (Wildman–Crippen LogP) is -0.691. The summed E-state index contributed by atoms with van der Waals surface area (Å²) in [5, 5.41) is 19.3. The average Bonchev–Trinajstić information content (AvgIpc) is 2.81. The second-order valence-corrected chi connectivity index (χ2v) is 9.08. The van der Waals surface area contributed by atoms with Gasteiger partial charge in [-0.25, -0.2) is 4.79 Å². The number of amides is 4. The van der Waals surface area contributed by atoms with Crippen LogP contribution in [-0.4, -0.2) is 76.4 Å². The first-order valence-electron chi connectivity index (χ1n) is 11.3. The van der Waals surface area contributed by atoms with Crippen molar-refractivity contribution in [3.8, 4) is 0 Å². The standard InChI is InChI=1S/C21H39N5O6S2/c1-6-10(3)15(26-18(28)13(22)8-33)19(29)23-12(5)17(27)25-16(11(4)7-2)20(30)24-14(9-34)21(31)32/h10-16,33-34H,6-9,22H2,1-5H3,(H,23,29)(H,24,30)(H,25,27)(H,26,28)(H,31,32)/t10-,11-,12-,13-,14-,15-,16-/m0/s1. The van der Waals surface area contributed by atoms with Crippen LogP contribution >= 0.6 is 25.3 Å². The van der Waals surface area contributed by atoms with Gasteiger partial charge in [-0.15, -0.1) is 0 Å². The number of carbonyl (C=O) groups is 5. The van der Waals surface area contributed by atoms with E-state index in [9.17, 15) is 24.0 Å². The number of aliphatic carboxylic acids is 1. The van der Waals surface area contributed by atoms with Crippen LogP contribution < -0.4 is 27.0 Å². The molecule has 0 rings (SSSR count). The molecule has 0 aliphatic heterocycles. The van der Waals surface area contributed by atoms with Crippen molar-refractivity contribution in [1.82, 2.24) is 21.3 Å². The molecule has 0 radical (unpaired) electrons. The highest BCUT2D eigenvalue weighted by atomic mass is 32.1. The zero-order valence-electron chi connectivity index (χ0n) is 20.3. The van der Waals surface area contributed by atoms with E-state index in [4.69, 9.17) is 10.8 Å². The summed E-state index contributed by atoms with van der Waals surface area (Å²) in [7, 11) is 0. The molecular formula is C21H39N5O6S2. The minimum absolute atomic E-state index is 0.106. The average molecular weight is 522 g/mol.